The van der Waals surface area contributed by atoms with Gasteiger partial charge in [0, 0.05) is 22.0 Å². The number of aryl methyl sites for hydroxylation is 2. The number of anilines is 1. The molecule has 2 amide bonds. The van der Waals surface area contributed by atoms with Crippen LogP contribution in [-0.2, 0) is 6.54 Å². The molecule has 1 aromatic carbocycles. The molecular weight excluding hydrogens is 336 g/mol. The molecule has 0 fully saturated rings. The van der Waals surface area contributed by atoms with Gasteiger partial charge in [-0.25, -0.2) is 0 Å². The molecule has 0 aliphatic heterocycles. The first-order valence-corrected chi connectivity index (χ1v) is 8.63. The molecule has 6 heteroatoms. The zero-order valence-corrected chi connectivity index (χ0v) is 14.8. The van der Waals surface area contributed by atoms with Crippen LogP contribution in [0.15, 0.2) is 53.1 Å². The van der Waals surface area contributed by atoms with Gasteiger partial charge in [0.05, 0.1) is 11.8 Å². The second-order valence-corrected chi connectivity index (χ2v) is 7.10. The van der Waals surface area contributed by atoms with E-state index in [2.05, 4.69) is 10.6 Å². The van der Waals surface area contributed by atoms with E-state index in [9.17, 15) is 9.59 Å². The lowest BCUT2D eigenvalue weighted by atomic mass is 10.2. The van der Waals surface area contributed by atoms with Gasteiger partial charge in [0.1, 0.15) is 0 Å². The summed E-state index contributed by atoms with van der Waals surface area (Å²) in [6.45, 7) is 4.37. The van der Waals surface area contributed by atoms with Crippen molar-refractivity contribution >= 4 is 28.8 Å². The molecule has 0 aliphatic carbocycles. The van der Waals surface area contributed by atoms with E-state index in [-0.39, 0.29) is 17.6 Å². The van der Waals surface area contributed by atoms with Crippen molar-refractivity contribution < 1.29 is 14.0 Å². The molecule has 2 aromatic heterocycles. The Morgan fingerprint density at radius 2 is 1.84 bits per heavy atom. The van der Waals surface area contributed by atoms with Crippen LogP contribution < -0.4 is 10.6 Å². The van der Waals surface area contributed by atoms with Gasteiger partial charge in [-0.15, -0.1) is 11.3 Å². The number of carbonyl (C=O) groups is 2. The van der Waals surface area contributed by atoms with Crippen LogP contribution in [-0.4, -0.2) is 11.8 Å². The number of nitrogens with one attached hydrogen (secondary N) is 2. The fourth-order valence-electron chi connectivity index (χ4n) is 2.44. The van der Waals surface area contributed by atoms with Crippen molar-refractivity contribution in [2.45, 2.75) is 20.4 Å². The molecule has 0 spiro atoms. The van der Waals surface area contributed by atoms with Crippen LogP contribution in [0.3, 0.4) is 0 Å². The van der Waals surface area contributed by atoms with Gasteiger partial charge in [-0.2, -0.15) is 0 Å². The Bertz CT molecular complexity index is 880. The third-order valence-electron chi connectivity index (χ3n) is 3.70. The van der Waals surface area contributed by atoms with Crippen LogP contribution in [0.4, 0.5) is 5.69 Å². The molecule has 25 heavy (non-hydrogen) atoms. The first kappa shape index (κ1) is 17.0. The van der Waals surface area contributed by atoms with Crippen molar-refractivity contribution in [3.63, 3.8) is 0 Å². The summed E-state index contributed by atoms with van der Waals surface area (Å²) in [5.74, 6) is -0.107. The second kappa shape index (κ2) is 7.36. The first-order valence-electron chi connectivity index (χ1n) is 7.82. The summed E-state index contributed by atoms with van der Waals surface area (Å²) in [6, 6.07) is 12.5. The summed E-state index contributed by atoms with van der Waals surface area (Å²) < 4.78 is 5.05. The predicted molar refractivity (Wildman–Crippen MR) is 98.1 cm³/mol. The average molecular weight is 354 g/mol. The first-order chi connectivity index (χ1) is 12.0. The predicted octanol–water partition coefficient (Wildman–Crippen LogP) is 4.14. The zero-order chi connectivity index (χ0) is 17.8. The Balaban J connectivity index is 1.56. The summed E-state index contributed by atoms with van der Waals surface area (Å²) >= 11 is 1.62. The lowest BCUT2D eigenvalue weighted by Gasteiger charge is -2.07. The minimum atomic E-state index is -0.297. The molecular formula is C19H18N2O3S. The van der Waals surface area contributed by atoms with Crippen LogP contribution in [0.1, 0.15) is 36.2 Å². The van der Waals surface area contributed by atoms with Crippen molar-refractivity contribution in [1.82, 2.24) is 5.32 Å². The zero-order valence-electron chi connectivity index (χ0n) is 14.0. The van der Waals surface area contributed by atoms with Gasteiger partial charge in [0.2, 0.25) is 0 Å². The summed E-state index contributed by atoms with van der Waals surface area (Å²) in [7, 11) is 0. The maximum Gasteiger partial charge on any atom is 0.291 e. The van der Waals surface area contributed by atoms with Gasteiger partial charge < -0.3 is 15.1 Å². The lowest BCUT2D eigenvalue weighted by molar-refractivity contribution is 0.0949. The third kappa shape index (κ3) is 4.16. The number of thiophene rings is 1. The Morgan fingerprint density at radius 3 is 2.44 bits per heavy atom. The molecule has 3 aromatic rings. The smallest absolute Gasteiger partial charge is 0.291 e. The molecule has 0 saturated heterocycles. The minimum Gasteiger partial charge on any atom is -0.459 e. The molecule has 0 bridgehead atoms. The van der Waals surface area contributed by atoms with Crippen LogP contribution in [0.25, 0.3) is 0 Å². The molecule has 2 heterocycles. The Labute approximate surface area is 149 Å². The quantitative estimate of drug-likeness (QED) is 0.723. The highest BCUT2D eigenvalue weighted by Gasteiger charge is 2.12. The topological polar surface area (TPSA) is 71.3 Å². The van der Waals surface area contributed by atoms with E-state index in [0.29, 0.717) is 12.2 Å². The second-order valence-electron chi connectivity index (χ2n) is 5.64. The van der Waals surface area contributed by atoms with Crippen LogP contribution in [0, 0.1) is 13.8 Å². The molecule has 3 rings (SSSR count). The van der Waals surface area contributed by atoms with Gasteiger partial charge >= 0.3 is 0 Å². The highest BCUT2D eigenvalue weighted by molar-refractivity contribution is 7.12. The largest absolute Gasteiger partial charge is 0.459 e. The number of hydrogen-bond acceptors (Lipinski definition) is 4. The van der Waals surface area contributed by atoms with Crippen molar-refractivity contribution in [2.75, 3.05) is 5.32 Å². The summed E-state index contributed by atoms with van der Waals surface area (Å²) in [5, 5.41) is 5.67. The van der Waals surface area contributed by atoms with E-state index in [4.69, 9.17) is 4.42 Å². The molecule has 2 N–H and O–H groups in total. The molecule has 128 valence electrons. The Kier molecular flexibility index (Phi) is 5.00. The third-order valence-corrected chi connectivity index (χ3v) is 4.66. The number of furan rings is 1. The van der Waals surface area contributed by atoms with Crippen molar-refractivity contribution in [1.29, 1.82) is 0 Å². The van der Waals surface area contributed by atoms with Gasteiger partial charge in [0.15, 0.2) is 5.76 Å². The number of hydrogen-bond donors (Lipinski definition) is 2. The fraction of sp³-hybridized carbons (Fsp3) is 0.158. The van der Waals surface area contributed by atoms with Crippen molar-refractivity contribution in [3.8, 4) is 0 Å². The molecule has 0 atom stereocenters. The van der Waals surface area contributed by atoms with Crippen LogP contribution in [0.2, 0.25) is 0 Å². The van der Waals surface area contributed by atoms with Gasteiger partial charge in [-0.3, -0.25) is 9.59 Å². The monoisotopic (exact) mass is 354 g/mol. The summed E-state index contributed by atoms with van der Waals surface area (Å²) in [4.78, 5) is 26.3. The van der Waals surface area contributed by atoms with Crippen molar-refractivity contribution in [2.24, 2.45) is 0 Å². The normalized spacial score (nSPS) is 10.5. The minimum absolute atomic E-state index is 0.0722. The average Bonchev–Trinajstić information content (AvgIpc) is 3.23. The summed E-state index contributed by atoms with van der Waals surface area (Å²) in [6.07, 6.45) is 1.46. The number of carbonyl (C=O) groups excluding carboxylic acids is 2. The standard InChI is InChI=1S/C19H18N2O3S/c1-12-10-16(13(2)25-12)18(22)20-11-14-5-7-15(8-6-14)21-19(23)17-4-3-9-24-17/h3-10H,11H2,1-2H3,(H,20,22)(H,21,23). The van der Waals surface area contributed by atoms with E-state index in [0.717, 1.165) is 20.9 Å². The highest BCUT2D eigenvalue weighted by Crippen LogP contribution is 2.20. The Hall–Kier alpha value is -2.86. The van der Waals surface area contributed by atoms with Gasteiger partial charge in [-0.05, 0) is 49.7 Å². The van der Waals surface area contributed by atoms with E-state index in [1.54, 1.807) is 35.6 Å². The Morgan fingerprint density at radius 1 is 1.08 bits per heavy atom. The van der Waals surface area contributed by atoms with Crippen LogP contribution in [0.5, 0.6) is 0 Å². The molecule has 0 unspecified atom stereocenters. The maximum atomic E-state index is 12.2. The summed E-state index contributed by atoms with van der Waals surface area (Å²) in [5.41, 5.74) is 2.35. The van der Waals surface area contributed by atoms with Gasteiger partial charge in [-0.1, -0.05) is 12.1 Å². The molecule has 0 radical (unpaired) electrons. The molecule has 5 nitrogen and oxygen atoms in total. The lowest BCUT2D eigenvalue weighted by Crippen LogP contribution is -2.22. The number of amides is 2. The van der Waals surface area contributed by atoms with E-state index in [1.165, 1.54) is 6.26 Å². The van der Waals surface area contributed by atoms with Gasteiger partial charge in [0.25, 0.3) is 11.8 Å². The fourth-order valence-corrected chi connectivity index (χ4v) is 3.36. The number of rotatable bonds is 5. The maximum absolute atomic E-state index is 12.2. The highest BCUT2D eigenvalue weighted by atomic mass is 32.1. The van der Waals surface area contributed by atoms with Crippen LogP contribution >= 0.6 is 11.3 Å². The van der Waals surface area contributed by atoms with E-state index in [1.807, 2.05) is 32.0 Å². The SMILES string of the molecule is Cc1cc(C(=O)NCc2ccc(NC(=O)c3ccco3)cc2)c(C)s1. The van der Waals surface area contributed by atoms with E-state index >= 15 is 0 Å². The van der Waals surface area contributed by atoms with Crippen molar-refractivity contribution in [3.05, 3.63) is 75.4 Å². The molecule has 0 aliphatic rings. The number of benzene rings is 1. The molecule has 0 saturated carbocycles. The van der Waals surface area contributed by atoms with E-state index < -0.39 is 0 Å².